The van der Waals surface area contributed by atoms with Gasteiger partial charge in [-0.2, -0.15) is 0 Å². The summed E-state index contributed by atoms with van der Waals surface area (Å²) >= 11 is 7.35. The number of amides is 3. The van der Waals surface area contributed by atoms with Crippen LogP contribution in [0.15, 0.2) is 48.5 Å². The monoisotopic (exact) mass is 560 g/mol. The van der Waals surface area contributed by atoms with E-state index in [1.807, 2.05) is 0 Å². The molecule has 32 heavy (non-hydrogen) atoms. The Morgan fingerprint density at radius 3 is 2.03 bits per heavy atom. The van der Waals surface area contributed by atoms with E-state index >= 15 is 0 Å². The second-order valence-corrected chi connectivity index (χ2v) is 10.5. The number of carboxylic acids is 1. The molecular formula is C23H18Br2N2O5. The average molecular weight is 562 g/mol. The van der Waals surface area contributed by atoms with Gasteiger partial charge in [0.1, 0.15) is 0 Å². The molecule has 3 fully saturated rings. The molecule has 3 aliphatic rings. The van der Waals surface area contributed by atoms with Crippen molar-refractivity contribution in [3.8, 4) is 0 Å². The smallest absolute Gasteiger partial charge is 0.337 e. The number of hydrogen-bond acceptors (Lipinski definition) is 4. The molecule has 0 unspecified atom stereocenters. The van der Waals surface area contributed by atoms with Gasteiger partial charge in [-0.3, -0.25) is 19.3 Å². The zero-order valence-electron chi connectivity index (χ0n) is 16.6. The fourth-order valence-electron chi connectivity index (χ4n) is 5.34. The standard InChI is InChI=1S/C23H18Br2N2O5/c24-18-13-9-14(19(18)25)17-16(13)21(29)27(22(17)30)11-7-5-10(6-8-11)20(28)26-15-4-2-1-3-12(15)23(31)32/h1-8,13-14,16-19H,9H2,(H,26,28)(H,31,32)/t13-,14-,16-,17+,18+,19+/m1/s1. The van der Waals surface area contributed by atoms with Crippen molar-refractivity contribution in [2.45, 2.75) is 16.1 Å². The van der Waals surface area contributed by atoms with Crippen molar-refractivity contribution in [1.29, 1.82) is 0 Å². The first kappa shape index (κ1) is 21.3. The minimum atomic E-state index is -1.14. The molecule has 0 spiro atoms. The Balaban J connectivity index is 1.36. The number of alkyl halides is 2. The van der Waals surface area contributed by atoms with Crippen LogP contribution in [0, 0.1) is 23.7 Å². The largest absolute Gasteiger partial charge is 0.478 e. The van der Waals surface area contributed by atoms with Crippen molar-refractivity contribution < 1.29 is 24.3 Å². The van der Waals surface area contributed by atoms with Crippen LogP contribution in [0.3, 0.4) is 0 Å². The Morgan fingerprint density at radius 1 is 0.906 bits per heavy atom. The zero-order valence-corrected chi connectivity index (χ0v) is 19.7. The molecule has 2 aliphatic carbocycles. The Bertz CT molecular complexity index is 1120. The van der Waals surface area contributed by atoms with Crippen LogP contribution in [0.1, 0.15) is 27.1 Å². The van der Waals surface area contributed by atoms with Crippen LogP contribution in [0.25, 0.3) is 0 Å². The lowest BCUT2D eigenvalue weighted by atomic mass is 9.81. The van der Waals surface area contributed by atoms with Crippen LogP contribution < -0.4 is 10.2 Å². The topological polar surface area (TPSA) is 104 Å². The summed E-state index contributed by atoms with van der Waals surface area (Å²) in [7, 11) is 0. The third-order valence-electron chi connectivity index (χ3n) is 6.78. The molecule has 164 valence electrons. The SMILES string of the molecule is O=C(Nc1ccccc1C(=O)O)c1ccc(N2C(=O)[C@@H]3[C@H]4C[C@@H]([C@H](Br)[C@H]4Br)[C@@H]3C2=O)cc1. The first-order valence-corrected chi connectivity index (χ1v) is 12.0. The van der Waals surface area contributed by atoms with E-state index in [4.69, 9.17) is 0 Å². The highest BCUT2D eigenvalue weighted by Crippen LogP contribution is 2.60. The summed E-state index contributed by atoms with van der Waals surface area (Å²) in [6.45, 7) is 0. The average Bonchev–Trinajstić information content (AvgIpc) is 3.39. The number of nitrogens with zero attached hydrogens (tertiary/aromatic N) is 1. The Kier molecular flexibility index (Phi) is 5.21. The summed E-state index contributed by atoms with van der Waals surface area (Å²) in [4.78, 5) is 51.8. The number of carbonyl (C=O) groups excluding carboxylic acids is 3. The molecule has 2 aromatic rings. The maximum Gasteiger partial charge on any atom is 0.337 e. The van der Waals surface area contributed by atoms with Gasteiger partial charge in [0.2, 0.25) is 11.8 Å². The van der Waals surface area contributed by atoms with Crippen LogP contribution in [0.5, 0.6) is 0 Å². The highest BCUT2D eigenvalue weighted by molar-refractivity contribution is 9.12. The summed E-state index contributed by atoms with van der Waals surface area (Å²) < 4.78 is 0. The number of benzene rings is 2. The quantitative estimate of drug-likeness (QED) is 0.435. The first-order valence-electron chi connectivity index (χ1n) is 10.2. The normalized spacial score (nSPS) is 30.5. The van der Waals surface area contributed by atoms with Crippen LogP contribution in [-0.4, -0.2) is 38.5 Å². The fraction of sp³-hybridized carbons (Fsp3) is 0.304. The van der Waals surface area contributed by atoms with Crippen molar-refractivity contribution in [2.24, 2.45) is 23.7 Å². The third kappa shape index (κ3) is 3.13. The van der Waals surface area contributed by atoms with Gasteiger partial charge in [-0.1, -0.05) is 44.0 Å². The van der Waals surface area contributed by atoms with Gasteiger partial charge in [-0.05, 0) is 54.7 Å². The maximum atomic E-state index is 13.1. The van der Waals surface area contributed by atoms with E-state index in [1.54, 1.807) is 24.3 Å². The predicted molar refractivity (Wildman–Crippen MR) is 124 cm³/mol. The molecule has 0 radical (unpaired) electrons. The van der Waals surface area contributed by atoms with Crippen molar-refractivity contribution in [3.05, 3.63) is 59.7 Å². The Hall–Kier alpha value is -2.52. The molecule has 5 rings (SSSR count). The van der Waals surface area contributed by atoms with Gasteiger partial charge in [-0.25, -0.2) is 4.79 Å². The predicted octanol–water partition coefficient (Wildman–Crippen LogP) is 3.92. The van der Waals surface area contributed by atoms with E-state index in [0.717, 1.165) is 6.42 Å². The number of aromatic carboxylic acids is 1. The number of hydrogen-bond donors (Lipinski definition) is 2. The van der Waals surface area contributed by atoms with E-state index in [-0.39, 0.29) is 62.0 Å². The van der Waals surface area contributed by atoms with Crippen molar-refractivity contribution in [2.75, 3.05) is 10.2 Å². The molecule has 0 aromatic heterocycles. The lowest BCUT2D eigenvalue weighted by Gasteiger charge is -2.28. The third-order valence-corrected chi connectivity index (χ3v) is 9.99. The summed E-state index contributed by atoms with van der Waals surface area (Å²) in [5, 5.41) is 11.9. The van der Waals surface area contributed by atoms with Crippen LogP contribution >= 0.6 is 31.9 Å². The molecule has 1 saturated heterocycles. The van der Waals surface area contributed by atoms with Gasteiger partial charge in [0.05, 0.1) is 28.8 Å². The second-order valence-electron chi connectivity index (χ2n) is 8.37. The Morgan fingerprint density at radius 2 is 1.47 bits per heavy atom. The van der Waals surface area contributed by atoms with Gasteiger partial charge < -0.3 is 10.4 Å². The summed E-state index contributed by atoms with van der Waals surface area (Å²) in [5.41, 5.74) is 0.904. The van der Waals surface area contributed by atoms with Gasteiger partial charge in [0.25, 0.3) is 5.91 Å². The van der Waals surface area contributed by atoms with Crippen LogP contribution in [-0.2, 0) is 9.59 Å². The first-order chi connectivity index (χ1) is 15.3. The molecule has 2 aromatic carbocycles. The van der Waals surface area contributed by atoms with Gasteiger partial charge >= 0.3 is 5.97 Å². The van der Waals surface area contributed by atoms with Gasteiger partial charge in [0, 0.05) is 15.2 Å². The van der Waals surface area contributed by atoms with E-state index in [2.05, 4.69) is 37.2 Å². The molecule has 1 aliphatic heterocycles. The van der Waals surface area contributed by atoms with E-state index in [0.29, 0.717) is 5.69 Å². The molecule has 7 nitrogen and oxygen atoms in total. The van der Waals surface area contributed by atoms with Gasteiger partial charge in [-0.15, -0.1) is 0 Å². The minimum Gasteiger partial charge on any atom is -0.478 e. The number of halogens is 2. The lowest BCUT2D eigenvalue weighted by molar-refractivity contribution is -0.123. The maximum absolute atomic E-state index is 13.1. The molecule has 6 atom stereocenters. The molecule has 2 saturated carbocycles. The van der Waals surface area contributed by atoms with Crippen molar-refractivity contribution in [3.63, 3.8) is 0 Å². The van der Waals surface area contributed by atoms with E-state index in [1.165, 1.54) is 29.2 Å². The Labute approximate surface area is 200 Å². The second kappa shape index (κ2) is 7.81. The molecule has 3 amide bonds. The number of fused-ring (bicyclic) bond motifs is 5. The molecule has 9 heteroatoms. The number of para-hydroxylation sites is 1. The molecule has 2 bridgehead atoms. The lowest BCUT2D eigenvalue weighted by Crippen LogP contribution is -2.37. The zero-order chi connectivity index (χ0) is 22.7. The van der Waals surface area contributed by atoms with E-state index in [9.17, 15) is 24.3 Å². The summed E-state index contributed by atoms with van der Waals surface area (Å²) in [6, 6.07) is 12.3. The van der Waals surface area contributed by atoms with E-state index < -0.39 is 11.9 Å². The van der Waals surface area contributed by atoms with Crippen LogP contribution in [0.2, 0.25) is 0 Å². The number of anilines is 2. The fourth-order valence-corrected chi connectivity index (χ4v) is 7.21. The van der Waals surface area contributed by atoms with Gasteiger partial charge in [0.15, 0.2) is 0 Å². The number of imide groups is 1. The van der Waals surface area contributed by atoms with Crippen molar-refractivity contribution >= 4 is 66.9 Å². The minimum absolute atomic E-state index is 0.0120. The molecule has 2 N–H and O–H groups in total. The number of carboxylic acid groups (broad SMARTS) is 1. The highest BCUT2D eigenvalue weighted by Gasteiger charge is 2.66. The molecule has 1 heterocycles. The summed E-state index contributed by atoms with van der Waals surface area (Å²) in [5.74, 6) is -2.32. The summed E-state index contributed by atoms with van der Waals surface area (Å²) in [6.07, 6.45) is 0.864. The van der Waals surface area contributed by atoms with Crippen molar-refractivity contribution in [1.82, 2.24) is 0 Å². The van der Waals surface area contributed by atoms with Crippen LogP contribution in [0.4, 0.5) is 11.4 Å². The number of rotatable bonds is 4. The number of carbonyl (C=O) groups is 4. The number of nitrogens with one attached hydrogen (secondary N) is 1. The highest BCUT2D eigenvalue weighted by atomic mass is 79.9. The molecular weight excluding hydrogens is 544 g/mol.